The van der Waals surface area contributed by atoms with Crippen molar-refractivity contribution >= 4 is 21.6 Å². The van der Waals surface area contributed by atoms with E-state index in [2.05, 4.69) is 0 Å². The van der Waals surface area contributed by atoms with Crippen LogP contribution in [0.1, 0.15) is 54.1 Å². The number of carbonyl (C=O) groups is 1. The average molecular weight is 445 g/mol. The maximum atomic E-state index is 13.5. The van der Waals surface area contributed by atoms with Crippen LogP contribution in [0, 0.1) is 5.82 Å². The number of rotatable bonds is 6. The highest BCUT2D eigenvalue weighted by Gasteiger charge is 2.34. The first-order chi connectivity index (χ1) is 14.7. The molecule has 1 unspecified atom stereocenters. The number of anilines is 1. The topological polar surface area (TPSA) is 57.7 Å². The average Bonchev–Trinajstić information content (AvgIpc) is 3.35. The summed E-state index contributed by atoms with van der Waals surface area (Å²) >= 11 is 0. The lowest BCUT2D eigenvalue weighted by atomic mass is 10.0. The highest BCUT2D eigenvalue weighted by molar-refractivity contribution is 7.92. The van der Waals surface area contributed by atoms with Crippen molar-refractivity contribution in [3.8, 4) is 0 Å². The Morgan fingerprint density at radius 2 is 1.81 bits per heavy atom. The highest BCUT2D eigenvalue weighted by atomic mass is 32.2. The van der Waals surface area contributed by atoms with Gasteiger partial charge in [0.1, 0.15) is 5.82 Å². The molecule has 31 heavy (non-hydrogen) atoms. The van der Waals surface area contributed by atoms with Crippen molar-refractivity contribution in [3.05, 3.63) is 65.0 Å². The van der Waals surface area contributed by atoms with E-state index in [1.807, 2.05) is 17.9 Å². The number of sulfonamides is 1. The van der Waals surface area contributed by atoms with Crippen molar-refractivity contribution in [2.24, 2.45) is 0 Å². The van der Waals surface area contributed by atoms with Gasteiger partial charge in [-0.2, -0.15) is 0 Å². The summed E-state index contributed by atoms with van der Waals surface area (Å²) in [7, 11) is -3.36. The van der Waals surface area contributed by atoms with Crippen molar-refractivity contribution in [2.75, 3.05) is 17.1 Å². The van der Waals surface area contributed by atoms with Gasteiger partial charge in [0.25, 0.3) is 5.91 Å². The molecular weight excluding hydrogens is 415 g/mol. The Morgan fingerprint density at radius 1 is 1.13 bits per heavy atom. The second-order valence-corrected chi connectivity index (χ2v) is 10.6. The Bertz CT molecular complexity index is 1060. The third-order valence-electron chi connectivity index (χ3n) is 6.42. The minimum atomic E-state index is -3.36. The van der Waals surface area contributed by atoms with E-state index in [1.54, 1.807) is 24.3 Å². The summed E-state index contributed by atoms with van der Waals surface area (Å²) in [6, 6.07) is 11.9. The number of benzene rings is 2. The molecule has 7 heteroatoms. The number of hydrogen-bond donors (Lipinski definition) is 0. The van der Waals surface area contributed by atoms with Gasteiger partial charge in [-0.25, -0.2) is 12.8 Å². The molecule has 166 valence electrons. The molecule has 5 nitrogen and oxygen atoms in total. The fraction of sp³-hybridized carbons (Fsp3) is 0.458. The number of fused-ring (bicyclic) bond motifs is 1. The third-order valence-corrected chi connectivity index (χ3v) is 7.69. The van der Waals surface area contributed by atoms with Gasteiger partial charge in [-0.3, -0.25) is 9.10 Å². The maximum absolute atomic E-state index is 13.5. The van der Waals surface area contributed by atoms with Gasteiger partial charge in [0.05, 0.1) is 11.9 Å². The van der Waals surface area contributed by atoms with Gasteiger partial charge in [0.15, 0.2) is 0 Å². The molecule has 2 aromatic rings. The van der Waals surface area contributed by atoms with Crippen molar-refractivity contribution in [1.29, 1.82) is 0 Å². The second kappa shape index (κ2) is 8.61. The SMILES string of the molecule is CC1Cc2cc(C(=O)N(CCc3ccc(F)cc3)C3CCCC3)ccc2N1S(C)(=O)=O. The number of halogens is 1. The van der Waals surface area contributed by atoms with Crippen molar-refractivity contribution in [1.82, 2.24) is 4.90 Å². The van der Waals surface area contributed by atoms with Crippen LogP contribution in [0.25, 0.3) is 0 Å². The predicted molar refractivity (Wildman–Crippen MR) is 120 cm³/mol. The van der Waals surface area contributed by atoms with Gasteiger partial charge in [-0.15, -0.1) is 0 Å². The van der Waals surface area contributed by atoms with Crippen LogP contribution in [0.2, 0.25) is 0 Å². The van der Waals surface area contributed by atoms with Gasteiger partial charge in [0, 0.05) is 24.2 Å². The van der Waals surface area contributed by atoms with E-state index in [0.717, 1.165) is 36.8 Å². The van der Waals surface area contributed by atoms with Crippen LogP contribution >= 0.6 is 0 Å². The van der Waals surface area contributed by atoms with Crippen molar-refractivity contribution < 1.29 is 17.6 Å². The van der Waals surface area contributed by atoms with E-state index in [1.165, 1.54) is 22.7 Å². The quantitative estimate of drug-likeness (QED) is 0.672. The van der Waals surface area contributed by atoms with Crippen molar-refractivity contribution in [2.45, 2.75) is 57.5 Å². The van der Waals surface area contributed by atoms with Crippen LogP contribution in [-0.2, 0) is 22.9 Å². The van der Waals surface area contributed by atoms with Gasteiger partial charge in [0.2, 0.25) is 10.0 Å². The molecule has 0 aromatic heterocycles. The molecule has 1 aliphatic carbocycles. The van der Waals surface area contributed by atoms with E-state index in [-0.39, 0.29) is 23.8 Å². The summed E-state index contributed by atoms with van der Waals surface area (Å²) in [5.41, 5.74) is 3.18. The van der Waals surface area contributed by atoms with Crippen LogP contribution in [-0.4, -0.2) is 44.1 Å². The first kappa shape index (κ1) is 21.8. The molecule has 4 rings (SSSR count). The van der Waals surface area contributed by atoms with E-state index >= 15 is 0 Å². The zero-order valence-corrected chi connectivity index (χ0v) is 18.9. The Balaban J connectivity index is 1.57. The molecule has 1 saturated carbocycles. The number of nitrogens with zero attached hydrogens (tertiary/aromatic N) is 2. The molecule has 0 bridgehead atoms. The van der Waals surface area contributed by atoms with Crippen LogP contribution in [0.4, 0.5) is 10.1 Å². The Labute approximate surface area is 183 Å². The predicted octanol–water partition coefficient (Wildman–Crippen LogP) is 4.16. The van der Waals surface area contributed by atoms with Gasteiger partial charge >= 0.3 is 0 Å². The van der Waals surface area contributed by atoms with Crippen LogP contribution < -0.4 is 4.31 Å². The Morgan fingerprint density at radius 3 is 2.45 bits per heavy atom. The van der Waals surface area contributed by atoms with E-state index in [0.29, 0.717) is 30.6 Å². The summed E-state index contributed by atoms with van der Waals surface area (Å²) in [4.78, 5) is 15.5. The first-order valence-electron chi connectivity index (χ1n) is 10.9. The minimum Gasteiger partial charge on any atom is -0.335 e. The summed E-state index contributed by atoms with van der Waals surface area (Å²) in [5.74, 6) is -0.273. The molecular formula is C24H29FN2O3S. The molecule has 1 atom stereocenters. The highest BCUT2D eigenvalue weighted by Crippen LogP contribution is 2.35. The molecule has 0 N–H and O–H groups in total. The fourth-order valence-corrected chi connectivity index (χ4v) is 6.24. The molecule has 2 aliphatic rings. The van der Waals surface area contributed by atoms with Gasteiger partial charge < -0.3 is 4.90 Å². The molecule has 1 fully saturated rings. The summed E-state index contributed by atoms with van der Waals surface area (Å²) < 4.78 is 39.0. The number of amides is 1. The molecule has 1 heterocycles. The fourth-order valence-electron chi connectivity index (χ4n) is 4.97. The van der Waals surface area contributed by atoms with Gasteiger partial charge in [-0.1, -0.05) is 25.0 Å². The summed E-state index contributed by atoms with van der Waals surface area (Å²) in [6.45, 7) is 2.47. The normalized spacial score (nSPS) is 18.9. The van der Waals surface area contributed by atoms with E-state index in [4.69, 9.17) is 0 Å². The molecule has 0 radical (unpaired) electrons. The zero-order valence-electron chi connectivity index (χ0n) is 18.1. The second-order valence-electron chi connectivity index (χ2n) is 8.77. The van der Waals surface area contributed by atoms with Crippen LogP contribution in [0.15, 0.2) is 42.5 Å². The lowest BCUT2D eigenvalue weighted by Gasteiger charge is -2.29. The van der Waals surface area contributed by atoms with E-state index < -0.39 is 10.0 Å². The molecule has 1 aliphatic heterocycles. The Kier molecular flexibility index (Phi) is 6.06. The molecule has 1 amide bonds. The standard InChI is InChI=1S/C24H29FN2O3S/c1-17-15-20-16-19(9-12-23(20)27(17)31(2,29)30)24(28)26(22-5-3-4-6-22)14-13-18-7-10-21(25)11-8-18/h7-12,16-17,22H,3-6,13-15H2,1-2H3. The third kappa shape index (κ3) is 4.61. The first-order valence-corrected chi connectivity index (χ1v) is 12.8. The summed E-state index contributed by atoms with van der Waals surface area (Å²) in [5, 5.41) is 0. The summed E-state index contributed by atoms with van der Waals surface area (Å²) in [6.07, 6.45) is 6.73. The number of carbonyl (C=O) groups excluding carboxylic acids is 1. The molecule has 0 saturated heterocycles. The number of hydrogen-bond acceptors (Lipinski definition) is 3. The van der Waals surface area contributed by atoms with Crippen LogP contribution in [0.5, 0.6) is 0 Å². The molecule has 0 spiro atoms. The van der Waals surface area contributed by atoms with Gasteiger partial charge in [-0.05, 0) is 74.1 Å². The maximum Gasteiger partial charge on any atom is 0.254 e. The largest absolute Gasteiger partial charge is 0.335 e. The lowest BCUT2D eigenvalue weighted by Crippen LogP contribution is -2.40. The Hall–Kier alpha value is -2.41. The molecule has 2 aromatic carbocycles. The van der Waals surface area contributed by atoms with Crippen LogP contribution in [0.3, 0.4) is 0 Å². The zero-order chi connectivity index (χ0) is 22.2. The smallest absolute Gasteiger partial charge is 0.254 e. The van der Waals surface area contributed by atoms with Crippen molar-refractivity contribution in [3.63, 3.8) is 0 Å². The lowest BCUT2D eigenvalue weighted by molar-refractivity contribution is 0.0684. The minimum absolute atomic E-state index is 0.0118. The monoisotopic (exact) mass is 444 g/mol. The van der Waals surface area contributed by atoms with E-state index in [9.17, 15) is 17.6 Å².